The second-order valence-electron chi connectivity index (χ2n) is 8.76. The Bertz CT molecular complexity index is 1330. The number of hydrogen-bond acceptors (Lipinski definition) is 7. The van der Waals surface area contributed by atoms with Gasteiger partial charge in [-0.3, -0.25) is 4.68 Å². The van der Waals surface area contributed by atoms with E-state index in [1.54, 1.807) is 23.3 Å². The zero-order valence-electron chi connectivity index (χ0n) is 18.1. The standard InChI is InChI=1S/C24H24FN7O/c25-17-1-4-21-18(11-17)24(5-7-26-8-6-24)14-32(21)23-22-20(27-15-28-23)3-2-19(30-22)16-12-29-31(13-16)9-10-33/h1-4,11-13,15,26,33H,5-10,14H2. The first-order valence-electron chi connectivity index (χ1n) is 11.2. The Hall–Kier alpha value is -3.43. The highest BCUT2D eigenvalue weighted by atomic mass is 19.1. The van der Waals surface area contributed by atoms with Gasteiger partial charge < -0.3 is 15.3 Å². The van der Waals surface area contributed by atoms with Crippen molar-refractivity contribution in [1.82, 2.24) is 30.0 Å². The number of pyridine rings is 1. The Labute approximate surface area is 190 Å². The van der Waals surface area contributed by atoms with E-state index in [1.165, 1.54) is 6.07 Å². The quantitative estimate of drug-likeness (QED) is 0.499. The van der Waals surface area contributed by atoms with Crippen molar-refractivity contribution < 1.29 is 9.50 Å². The fraction of sp³-hybridized carbons (Fsp3) is 0.333. The first kappa shape index (κ1) is 20.2. The van der Waals surface area contributed by atoms with Gasteiger partial charge in [-0.25, -0.2) is 19.3 Å². The number of aliphatic hydroxyl groups excluding tert-OH is 1. The summed E-state index contributed by atoms with van der Waals surface area (Å²) in [5.74, 6) is 0.522. The number of aliphatic hydroxyl groups is 1. The molecule has 33 heavy (non-hydrogen) atoms. The molecule has 0 aliphatic carbocycles. The highest BCUT2D eigenvalue weighted by Gasteiger charge is 2.44. The molecule has 3 aromatic heterocycles. The Morgan fingerprint density at radius 2 is 2.00 bits per heavy atom. The predicted octanol–water partition coefficient (Wildman–Crippen LogP) is 2.79. The van der Waals surface area contributed by atoms with Crippen LogP contribution < -0.4 is 10.2 Å². The van der Waals surface area contributed by atoms with E-state index in [1.807, 2.05) is 24.4 Å². The van der Waals surface area contributed by atoms with Crippen LogP contribution in [0.4, 0.5) is 15.9 Å². The molecule has 6 rings (SSSR count). The first-order chi connectivity index (χ1) is 16.2. The summed E-state index contributed by atoms with van der Waals surface area (Å²) in [4.78, 5) is 16.2. The van der Waals surface area contributed by atoms with Crippen molar-refractivity contribution in [3.8, 4) is 11.3 Å². The van der Waals surface area contributed by atoms with Crippen LogP contribution in [-0.4, -0.2) is 56.1 Å². The normalized spacial score (nSPS) is 17.1. The monoisotopic (exact) mass is 445 g/mol. The van der Waals surface area contributed by atoms with Gasteiger partial charge in [-0.05, 0) is 61.8 Å². The van der Waals surface area contributed by atoms with E-state index in [0.717, 1.165) is 66.3 Å². The fourth-order valence-electron chi connectivity index (χ4n) is 5.17. The molecule has 2 aliphatic heterocycles. The van der Waals surface area contributed by atoms with E-state index in [0.29, 0.717) is 12.1 Å². The molecule has 2 N–H and O–H groups in total. The van der Waals surface area contributed by atoms with Crippen LogP contribution in [0.1, 0.15) is 18.4 Å². The van der Waals surface area contributed by atoms with Crippen LogP contribution in [0.3, 0.4) is 0 Å². The van der Waals surface area contributed by atoms with Gasteiger partial charge in [0.25, 0.3) is 0 Å². The summed E-state index contributed by atoms with van der Waals surface area (Å²) in [5.41, 5.74) is 5.01. The van der Waals surface area contributed by atoms with Crippen molar-refractivity contribution in [2.75, 3.05) is 31.1 Å². The average molecular weight is 446 g/mol. The number of anilines is 2. The molecular formula is C24H24FN7O. The zero-order chi connectivity index (χ0) is 22.4. The van der Waals surface area contributed by atoms with Crippen LogP contribution >= 0.6 is 0 Å². The number of halogens is 1. The van der Waals surface area contributed by atoms with Gasteiger partial charge in [0, 0.05) is 29.4 Å². The van der Waals surface area contributed by atoms with Crippen molar-refractivity contribution in [2.24, 2.45) is 0 Å². The Morgan fingerprint density at radius 3 is 2.85 bits per heavy atom. The van der Waals surface area contributed by atoms with Gasteiger partial charge in [-0.2, -0.15) is 5.10 Å². The third kappa shape index (κ3) is 3.35. The topological polar surface area (TPSA) is 92.0 Å². The lowest BCUT2D eigenvalue weighted by atomic mass is 9.75. The number of fused-ring (bicyclic) bond motifs is 3. The smallest absolute Gasteiger partial charge is 0.163 e. The van der Waals surface area contributed by atoms with Gasteiger partial charge >= 0.3 is 0 Å². The number of hydrogen-bond donors (Lipinski definition) is 2. The Kier molecular flexibility index (Phi) is 4.81. The lowest BCUT2D eigenvalue weighted by Crippen LogP contribution is -2.42. The summed E-state index contributed by atoms with van der Waals surface area (Å²) in [5, 5.41) is 16.9. The first-order valence-corrected chi connectivity index (χ1v) is 11.2. The molecule has 0 saturated carbocycles. The second kappa shape index (κ2) is 7.86. The molecule has 168 valence electrons. The molecule has 0 bridgehead atoms. The predicted molar refractivity (Wildman–Crippen MR) is 123 cm³/mol. The van der Waals surface area contributed by atoms with E-state index < -0.39 is 0 Å². The summed E-state index contributed by atoms with van der Waals surface area (Å²) in [7, 11) is 0. The largest absolute Gasteiger partial charge is 0.394 e. The Balaban J connectivity index is 1.47. The SMILES string of the molecule is OCCn1cc(-c2ccc3ncnc(N4CC5(CCNCC5)c5cc(F)ccc54)c3n2)cn1. The number of nitrogens with zero attached hydrogens (tertiary/aromatic N) is 6. The molecule has 0 unspecified atom stereocenters. The highest BCUT2D eigenvalue weighted by Crippen LogP contribution is 2.49. The molecule has 8 nitrogen and oxygen atoms in total. The number of rotatable bonds is 4. The summed E-state index contributed by atoms with van der Waals surface area (Å²) in [6.45, 7) is 3.01. The minimum atomic E-state index is -0.207. The van der Waals surface area contributed by atoms with Crippen molar-refractivity contribution >= 4 is 22.5 Å². The van der Waals surface area contributed by atoms with Crippen LogP contribution in [-0.2, 0) is 12.0 Å². The molecule has 1 aromatic carbocycles. The van der Waals surface area contributed by atoms with E-state index in [9.17, 15) is 9.50 Å². The molecule has 0 atom stereocenters. The third-order valence-electron chi connectivity index (χ3n) is 6.82. The molecule has 1 fully saturated rings. The second-order valence-corrected chi connectivity index (χ2v) is 8.76. The maximum atomic E-state index is 14.3. The third-order valence-corrected chi connectivity index (χ3v) is 6.82. The van der Waals surface area contributed by atoms with Crippen molar-refractivity contribution in [1.29, 1.82) is 0 Å². The molecule has 0 radical (unpaired) electrons. The molecule has 1 saturated heterocycles. The molecule has 0 amide bonds. The number of benzene rings is 1. The summed E-state index contributed by atoms with van der Waals surface area (Å²) in [6.07, 6.45) is 7.07. The van der Waals surface area contributed by atoms with E-state index >= 15 is 0 Å². The lowest BCUT2D eigenvalue weighted by molar-refractivity contribution is 0.269. The zero-order valence-corrected chi connectivity index (χ0v) is 18.1. The van der Waals surface area contributed by atoms with Crippen LogP contribution in [0.25, 0.3) is 22.3 Å². The van der Waals surface area contributed by atoms with Crippen molar-refractivity contribution in [2.45, 2.75) is 24.8 Å². The van der Waals surface area contributed by atoms with Gasteiger partial charge in [-0.1, -0.05) is 0 Å². The lowest BCUT2D eigenvalue weighted by Gasteiger charge is -2.34. The van der Waals surface area contributed by atoms with Crippen molar-refractivity contribution in [3.63, 3.8) is 0 Å². The Morgan fingerprint density at radius 1 is 1.12 bits per heavy atom. The summed E-state index contributed by atoms with van der Waals surface area (Å²) >= 11 is 0. The van der Waals surface area contributed by atoms with Crippen LogP contribution in [0, 0.1) is 5.82 Å². The number of nitrogens with one attached hydrogen (secondary N) is 1. The minimum Gasteiger partial charge on any atom is -0.394 e. The van der Waals surface area contributed by atoms with Gasteiger partial charge in [0.15, 0.2) is 5.82 Å². The molecule has 9 heteroatoms. The summed E-state index contributed by atoms with van der Waals surface area (Å²) in [6, 6.07) is 8.93. The van der Waals surface area contributed by atoms with Crippen LogP contribution in [0.15, 0.2) is 49.1 Å². The van der Waals surface area contributed by atoms with Crippen molar-refractivity contribution in [3.05, 3.63) is 60.4 Å². The molecule has 5 heterocycles. The fourth-order valence-corrected chi connectivity index (χ4v) is 5.17. The van der Waals surface area contributed by atoms with Gasteiger partial charge in [0.05, 0.1) is 30.6 Å². The maximum absolute atomic E-state index is 14.3. The van der Waals surface area contributed by atoms with E-state index in [4.69, 9.17) is 4.98 Å². The van der Waals surface area contributed by atoms with Crippen LogP contribution in [0.2, 0.25) is 0 Å². The molecule has 1 spiro atoms. The number of piperidine rings is 1. The van der Waals surface area contributed by atoms with E-state index in [-0.39, 0.29) is 17.8 Å². The maximum Gasteiger partial charge on any atom is 0.163 e. The highest BCUT2D eigenvalue weighted by molar-refractivity contribution is 5.91. The van der Waals surface area contributed by atoms with Gasteiger partial charge in [0.1, 0.15) is 17.7 Å². The molecule has 2 aliphatic rings. The van der Waals surface area contributed by atoms with E-state index in [2.05, 4.69) is 25.3 Å². The number of aromatic nitrogens is 5. The average Bonchev–Trinajstić information content (AvgIpc) is 3.42. The minimum absolute atomic E-state index is 0.0243. The molecular weight excluding hydrogens is 421 g/mol. The molecule has 4 aromatic rings. The van der Waals surface area contributed by atoms with Gasteiger partial charge in [-0.15, -0.1) is 0 Å². The van der Waals surface area contributed by atoms with Crippen LogP contribution in [0.5, 0.6) is 0 Å². The van der Waals surface area contributed by atoms with Gasteiger partial charge in [0.2, 0.25) is 0 Å². The summed E-state index contributed by atoms with van der Waals surface area (Å²) < 4.78 is 16.0.